The van der Waals surface area contributed by atoms with E-state index in [4.69, 9.17) is 4.74 Å². The number of piperazine rings is 1. The zero-order valence-electron chi connectivity index (χ0n) is 15.9. The van der Waals surface area contributed by atoms with Crippen molar-refractivity contribution in [1.29, 1.82) is 0 Å². The van der Waals surface area contributed by atoms with Crippen molar-refractivity contribution in [3.8, 4) is 0 Å². The lowest BCUT2D eigenvalue weighted by Gasteiger charge is -2.38. The van der Waals surface area contributed by atoms with Gasteiger partial charge in [-0.05, 0) is 41.3 Å². The first kappa shape index (κ1) is 19.4. The van der Waals surface area contributed by atoms with Gasteiger partial charge in [-0.2, -0.15) is 0 Å². The van der Waals surface area contributed by atoms with Crippen molar-refractivity contribution in [2.24, 2.45) is 0 Å². The van der Waals surface area contributed by atoms with Crippen molar-refractivity contribution in [1.82, 2.24) is 9.88 Å². The van der Waals surface area contributed by atoms with Crippen LogP contribution in [-0.2, 0) is 4.74 Å². The number of methoxy groups -OCH3 is 1. The Morgan fingerprint density at radius 2 is 2.18 bits per heavy atom. The number of benzene rings is 1. The summed E-state index contributed by atoms with van der Waals surface area (Å²) < 4.78 is 22.5. The minimum Gasteiger partial charge on any atom is -0.465 e. The quantitative estimate of drug-likeness (QED) is 0.722. The third-order valence-electron chi connectivity index (χ3n) is 5.64. The molecule has 1 unspecified atom stereocenters. The van der Waals surface area contributed by atoms with E-state index in [1.54, 1.807) is 6.20 Å². The highest BCUT2D eigenvalue weighted by Crippen LogP contribution is 2.42. The van der Waals surface area contributed by atoms with Crippen LogP contribution in [0.3, 0.4) is 0 Å². The molecule has 1 saturated carbocycles. The van der Waals surface area contributed by atoms with Crippen LogP contribution in [0.25, 0.3) is 10.9 Å². The molecule has 1 N–H and O–H groups in total. The number of hydrogen-bond donors (Lipinski definition) is 1. The molecular weight excluding hydrogens is 429 g/mol. The molecule has 6 nitrogen and oxygen atoms in total. The lowest BCUT2D eigenvalue weighted by atomic mass is 10.1. The molecule has 0 spiro atoms. The fraction of sp³-hybridized carbons (Fsp3) is 0.500. The maximum Gasteiger partial charge on any atom is 0.343 e. The number of ether oxygens (including phenoxy) is 1. The molecule has 0 amide bonds. The molecular formula is C20H23BrFN3O3. The van der Waals surface area contributed by atoms with E-state index in [-0.39, 0.29) is 23.0 Å². The van der Waals surface area contributed by atoms with Crippen LogP contribution >= 0.6 is 15.9 Å². The van der Waals surface area contributed by atoms with Gasteiger partial charge in [0.05, 0.1) is 28.2 Å². The second-order valence-corrected chi connectivity index (χ2v) is 8.17. The summed E-state index contributed by atoms with van der Waals surface area (Å²) in [5, 5.41) is 3.55. The van der Waals surface area contributed by atoms with Crippen molar-refractivity contribution < 1.29 is 13.9 Å². The number of fused-ring (bicyclic) bond motifs is 1. The lowest BCUT2D eigenvalue weighted by Crippen LogP contribution is -2.51. The number of nitrogens with zero attached hydrogens (tertiary/aromatic N) is 2. The van der Waals surface area contributed by atoms with Crippen LogP contribution < -0.4 is 15.6 Å². The number of rotatable bonds is 4. The Balaban J connectivity index is 1.99. The van der Waals surface area contributed by atoms with Crippen LogP contribution in [0.15, 0.2) is 21.5 Å². The van der Waals surface area contributed by atoms with E-state index in [0.29, 0.717) is 22.2 Å². The van der Waals surface area contributed by atoms with E-state index in [1.807, 2.05) is 4.57 Å². The van der Waals surface area contributed by atoms with Crippen molar-refractivity contribution in [2.75, 3.05) is 31.6 Å². The standard InChI is InChI=1S/C20H23BrFN3O3/c1-3-11-9-23-6-7-24(11)18-15(22)8-13-17(16(18)21)25(12-4-5-12)10-14(19(13)26)20(27)28-2/h8,10-12,23H,3-7,9H2,1-2H3. The summed E-state index contributed by atoms with van der Waals surface area (Å²) in [5.41, 5.74) is 0.567. The van der Waals surface area contributed by atoms with Crippen LogP contribution in [0, 0.1) is 5.82 Å². The van der Waals surface area contributed by atoms with Gasteiger partial charge in [-0.1, -0.05) is 6.92 Å². The number of carbonyl (C=O) groups is 1. The van der Waals surface area contributed by atoms with Gasteiger partial charge >= 0.3 is 5.97 Å². The van der Waals surface area contributed by atoms with Gasteiger partial charge in [-0.15, -0.1) is 0 Å². The molecule has 2 aliphatic rings. The van der Waals surface area contributed by atoms with Crippen LogP contribution in [0.5, 0.6) is 0 Å². The molecule has 0 radical (unpaired) electrons. The van der Waals surface area contributed by atoms with E-state index in [0.717, 1.165) is 32.4 Å². The Labute approximate surface area is 170 Å². The fourth-order valence-corrected chi connectivity index (χ4v) is 4.85. The molecule has 1 saturated heterocycles. The smallest absolute Gasteiger partial charge is 0.343 e. The third-order valence-corrected chi connectivity index (χ3v) is 6.39. The number of esters is 1. The number of hydrogen-bond acceptors (Lipinski definition) is 5. The molecule has 1 atom stereocenters. The molecule has 1 aliphatic heterocycles. The molecule has 4 rings (SSSR count). The summed E-state index contributed by atoms with van der Waals surface area (Å²) >= 11 is 3.61. The van der Waals surface area contributed by atoms with Gasteiger partial charge in [0.15, 0.2) is 0 Å². The molecule has 1 aliphatic carbocycles. The number of nitrogens with one attached hydrogen (secondary N) is 1. The number of anilines is 1. The first-order valence-corrected chi connectivity index (χ1v) is 10.4. The van der Waals surface area contributed by atoms with Crippen molar-refractivity contribution in [3.63, 3.8) is 0 Å². The van der Waals surface area contributed by atoms with Crippen molar-refractivity contribution in [2.45, 2.75) is 38.3 Å². The summed E-state index contributed by atoms with van der Waals surface area (Å²) in [7, 11) is 1.24. The molecule has 8 heteroatoms. The van der Waals surface area contributed by atoms with Crippen molar-refractivity contribution in [3.05, 3.63) is 38.3 Å². The summed E-state index contributed by atoms with van der Waals surface area (Å²) in [6, 6.07) is 1.65. The normalized spacial score (nSPS) is 19.9. The largest absolute Gasteiger partial charge is 0.465 e. The van der Waals surface area contributed by atoms with Gasteiger partial charge < -0.3 is 19.5 Å². The molecule has 0 bridgehead atoms. The van der Waals surface area contributed by atoms with E-state index < -0.39 is 17.2 Å². The zero-order valence-corrected chi connectivity index (χ0v) is 17.5. The maximum absolute atomic E-state index is 15.3. The molecule has 2 aromatic rings. The average molecular weight is 452 g/mol. The van der Waals surface area contributed by atoms with Gasteiger partial charge in [0.2, 0.25) is 5.43 Å². The highest BCUT2D eigenvalue weighted by Gasteiger charge is 2.32. The van der Waals surface area contributed by atoms with E-state index in [9.17, 15) is 9.59 Å². The van der Waals surface area contributed by atoms with Crippen LogP contribution in [0.2, 0.25) is 0 Å². The molecule has 150 valence electrons. The summed E-state index contributed by atoms with van der Waals surface area (Å²) in [6.07, 6.45) is 4.37. The number of pyridine rings is 1. The molecule has 28 heavy (non-hydrogen) atoms. The van der Waals surface area contributed by atoms with Crippen molar-refractivity contribution >= 4 is 38.5 Å². The highest BCUT2D eigenvalue weighted by molar-refractivity contribution is 9.10. The number of halogens is 2. The second kappa shape index (κ2) is 7.48. The predicted octanol–water partition coefficient (Wildman–Crippen LogP) is 3.21. The first-order valence-electron chi connectivity index (χ1n) is 9.60. The van der Waals surface area contributed by atoms with Gasteiger partial charge in [0, 0.05) is 37.9 Å². The van der Waals surface area contributed by atoms with Gasteiger partial charge in [-0.25, -0.2) is 9.18 Å². The fourth-order valence-electron chi connectivity index (χ4n) is 4.01. The maximum atomic E-state index is 15.3. The average Bonchev–Trinajstić information content (AvgIpc) is 3.53. The molecule has 2 fully saturated rings. The van der Waals surface area contributed by atoms with Gasteiger partial charge in [-0.3, -0.25) is 4.79 Å². The summed E-state index contributed by atoms with van der Waals surface area (Å²) in [4.78, 5) is 27.1. The van der Waals surface area contributed by atoms with Crippen LogP contribution in [-0.4, -0.2) is 43.3 Å². The van der Waals surface area contributed by atoms with E-state index in [1.165, 1.54) is 13.2 Å². The zero-order chi connectivity index (χ0) is 20.0. The highest BCUT2D eigenvalue weighted by atomic mass is 79.9. The van der Waals surface area contributed by atoms with Crippen LogP contribution in [0.4, 0.5) is 10.1 Å². The number of aromatic nitrogens is 1. The van der Waals surface area contributed by atoms with E-state index in [2.05, 4.69) is 33.1 Å². The van der Waals surface area contributed by atoms with Gasteiger partial charge in [0.25, 0.3) is 0 Å². The van der Waals surface area contributed by atoms with Gasteiger partial charge in [0.1, 0.15) is 11.4 Å². The van der Waals surface area contributed by atoms with E-state index >= 15 is 4.39 Å². The lowest BCUT2D eigenvalue weighted by molar-refractivity contribution is 0.0598. The first-order chi connectivity index (χ1) is 13.5. The topological polar surface area (TPSA) is 63.6 Å². The second-order valence-electron chi connectivity index (χ2n) is 7.38. The van der Waals surface area contributed by atoms with Crippen LogP contribution in [0.1, 0.15) is 42.6 Å². The molecule has 1 aromatic carbocycles. The number of carbonyl (C=O) groups excluding carboxylic acids is 1. The summed E-state index contributed by atoms with van der Waals surface area (Å²) in [6.45, 7) is 4.34. The minimum absolute atomic E-state index is 0.0606. The third kappa shape index (κ3) is 3.12. The molecule has 1 aromatic heterocycles. The molecule has 2 heterocycles. The monoisotopic (exact) mass is 451 g/mol. The minimum atomic E-state index is -0.699. The Kier molecular flexibility index (Phi) is 5.18. The SMILES string of the molecule is CCC1CNCCN1c1c(F)cc2c(=O)c(C(=O)OC)cn(C3CC3)c2c1Br. The predicted molar refractivity (Wildman–Crippen MR) is 110 cm³/mol. The Morgan fingerprint density at radius 3 is 2.82 bits per heavy atom. The Hall–Kier alpha value is -1.93. The summed E-state index contributed by atoms with van der Waals surface area (Å²) in [5.74, 6) is -1.16. The Morgan fingerprint density at radius 1 is 1.43 bits per heavy atom. The Bertz CT molecular complexity index is 1000.